The molecule has 1 aromatic heterocycles. The molecule has 3 aromatic rings. The zero-order valence-corrected chi connectivity index (χ0v) is 14.7. The van der Waals surface area contributed by atoms with Crippen molar-refractivity contribution in [3.63, 3.8) is 0 Å². The lowest BCUT2D eigenvalue weighted by Gasteiger charge is -2.13. The fourth-order valence-electron chi connectivity index (χ4n) is 2.32. The standard InChI is InChI=1S/C18H17BrN4O/c1-12(22-15-8-6-14(19)7-9-15)18(24)23-21-11-13-10-20-17-5-3-2-4-16(13)17/h2-12,20,22H,1H3,(H,23,24)/b21-11+/t12-/m1/s1. The Hall–Kier alpha value is -2.60. The van der Waals surface area contributed by atoms with E-state index in [2.05, 4.69) is 36.8 Å². The molecule has 3 N–H and O–H groups in total. The van der Waals surface area contributed by atoms with Gasteiger partial charge in [0, 0.05) is 32.8 Å². The fraction of sp³-hybridized carbons (Fsp3) is 0.111. The van der Waals surface area contributed by atoms with Gasteiger partial charge in [-0.3, -0.25) is 4.79 Å². The van der Waals surface area contributed by atoms with Crippen LogP contribution in [-0.4, -0.2) is 23.1 Å². The molecule has 0 spiro atoms. The zero-order chi connectivity index (χ0) is 16.9. The van der Waals surface area contributed by atoms with Crippen molar-refractivity contribution in [1.29, 1.82) is 0 Å². The monoisotopic (exact) mass is 384 g/mol. The number of H-pyrrole nitrogens is 1. The molecule has 1 atom stereocenters. The van der Waals surface area contributed by atoms with Crippen molar-refractivity contribution >= 4 is 44.6 Å². The lowest BCUT2D eigenvalue weighted by atomic mass is 10.2. The second kappa shape index (κ2) is 7.31. The zero-order valence-electron chi connectivity index (χ0n) is 13.1. The van der Waals surface area contributed by atoms with Crippen LogP contribution in [0.25, 0.3) is 10.9 Å². The Morgan fingerprint density at radius 2 is 1.96 bits per heavy atom. The van der Waals surface area contributed by atoms with Crippen LogP contribution in [0.2, 0.25) is 0 Å². The molecule has 6 heteroatoms. The molecule has 1 amide bonds. The number of para-hydroxylation sites is 1. The lowest BCUT2D eigenvalue weighted by molar-refractivity contribution is -0.121. The Kier molecular flexibility index (Phi) is 4.96. The summed E-state index contributed by atoms with van der Waals surface area (Å²) in [6, 6.07) is 15.2. The van der Waals surface area contributed by atoms with Crippen molar-refractivity contribution in [3.05, 3.63) is 64.8 Å². The van der Waals surface area contributed by atoms with Crippen LogP contribution in [0, 0.1) is 0 Å². The molecular weight excluding hydrogens is 368 g/mol. The number of halogens is 1. The van der Waals surface area contributed by atoms with Crippen LogP contribution in [0.1, 0.15) is 12.5 Å². The van der Waals surface area contributed by atoms with Gasteiger partial charge in [-0.2, -0.15) is 5.10 Å². The van der Waals surface area contributed by atoms with Crippen LogP contribution in [0.5, 0.6) is 0 Å². The average molecular weight is 385 g/mol. The predicted molar refractivity (Wildman–Crippen MR) is 101 cm³/mol. The third kappa shape index (κ3) is 3.83. The summed E-state index contributed by atoms with van der Waals surface area (Å²) >= 11 is 3.38. The van der Waals surface area contributed by atoms with E-state index in [-0.39, 0.29) is 5.91 Å². The number of carbonyl (C=O) groups is 1. The Morgan fingerprint density at radius 1 is 1.21 bits per heavy atom. The molecule has 24 heavy (non-hydrogen) atoms. The van der Waals surface area contributed by atoms with Gasteiger partial charge < -0.3 is 10.3 Å². The van der Waals surface area contributed by atoms with E-state index in [4.69, 9.17) is 0 Å². The van der Waals surface area contributed by atoms with Crippen molar-refractivity contribution in [2.24, 2.45) is 5.10 Å². The molecule has 0 aliphatic carbocycles. The van der Waals surface area contributed by atoms with Crippen molar-refractivity contribution in [3.8, 4) is 0 Å². The van der Waals surface area contributed by atoms with Crippen LogP contribution in [0.4, 0.5) is 5.69 Å². The van der Waals surface area contributed by atoms with E-state index < -0.39 is 6.04 Å². The van der Waals surface area contributed by atoms with Gasteiger partial charge in [0.1, 0.15) is 6.04 Å². The van der Waals surface area contributed by atoms with Gasteiger partial charge in [0.15, 0.2) is 0 Å². The summed E-state index contributed by atoms with van der Waals surface area (Å²) in [5.74, 6) is -0.200. The van der Waals surface area contributed by atoms with Gasteiger partial charge in [0.25, 0.3) is 5.91 Å². The van der Waals surface area contributed by atoms with Crippen molar-refractivity contribution < 1.29 is 4.79 Å². The van der Waals surface area contributed by atoms with Gasteiger partial charge >= 0.3 is 0 Å². The van der Waals surface area contributed by atoms with E-state index in [0.717, 1.165) is 26.6 Å². The summed E-state index contributed by atoms with van der Waals surface area (Å²) < 4.78 is 0.994. The number of benzene rings is 2. The summed E-state index contributed by atoms with van der Waals surface area (Å²) in [5.41, 5.74) is 5.41. The quantitative estimate of drug-likeness (QED) is 0.461. The number of hydrogen-bond acceptors (Lipinski definition) is 3. The highest BCUT2D eigenvalue weighted by molar-refractivity contribution is 9.10. The minimum atomic E-state index is -0.397. The molecule has 0 saturated heterocycles. The molecule has 0 bridgehead atoms. The number of fused-ring (bicyclic) bond motifs is 1. The average Bonchev–Trinajstić information content (AvgIpc) is 3.00. The third-order valence-corrected chi connectivity index (χ3v) is 4.15. The number of nitrogens with one attached hydrogen (secondary N) is 3. The van der Waals surface area contributed by atoms with Crippen LogP contribution >= 0.6 is 15.9 Å². The van der Waals surface area contributed by atoms with Gasteiger partial charge in [-0.25, -0.2) is 5.43 Å². The molecule has 0 saturated carbocycles. The highest BCUT2D eigenvalue weighted by atomic mass is 79.9. The maximum atomic E-state index is 12.1. The highest BCUT2D eigenvalue weighted by Crippen LogP contribution is 2.16. The molecule has 122 valence electrons. The van der Waals surface area contributed by atoms with E-state index in [1.165, 1.54) is 0 Å². The molecule has 0 radical (unpaired) electrons. The van der Waals surface area contributed by atoms with Gasteiger partial charge in [-0.1, -0.05) is 34.1 Å². The molecule has 0 aliphatic heterocycles. The first-order valence-corrected chi connectivity index (χ1v) is 8.34. The Morgan fingerprint density at radius 3 is 2.75 bits per heavy atom. The highest BCUT2D eigenvalue weighted by Gasteiger charge is 2.11. The molecule has 3 rings (SSSR count). The summed E-state index contributed by atoms with van der Waals surface area (Å²) in [5, 5.41) is 8.24. The lowest BCUT2D eigenvalue weighted by Crippen LogP contribution is -2.34. The normalized spacial score (nSPS) is 12.4. The van der Waals surface area contributed by atoms with Gasteiger partial charge in [-0.15, -0.1) is 0 Å². The SMILES string of the molecule is C[C@@H](Nc1ccc(Br)cc1)C(=O)N/N=C/c1c[nH]c2ccccc12. The number of carbonyl (C=O) groups excluding carboxylic acids is 1. The van der Waals surface area contributed by atoms with E-state index in [9.17, 15) is 4.79 Å². The maximum absolute atomic E-state index is 12.1. The molecular formula is C18H17BrN4O. The number of aromatic amines is 1. The first kappa shape index (κ1) is 16.3. The Balaban J connectivity index is 1.59. The maximum Gasteiger partial charge on any atom is 0.262 e. The summed E-state index contributed by atoms with van der Waals surface area (Å²) in [4.78, 5) is 15.3. The van der Waals surface area contributed by atoms with E-state index in [0.29, 0.717) is 0 Å². The molecule has 1 heterocycles. The smallest absolute Gasteiger partial charge is 0.262 e. The molecule has 0 unspecified atom stereocenters. The minimum Gasteiger partial charge on any atom is -0.374 e. The predicted octanol–water partition coefficient (Wildman–Crippen LogP) is 3.88. The minimum absolute atomic E-state index is 0.200. The Labute approximate surface area is 148 Å². The van der Waals surface area contributed by atoms with Crippen molar-refractivity contribution in [1.82, 2.24) is 10.4 Å². The van der Waals surface area contributed by atoms with Crippen molar-refractivity contribution in [2.45, 2.75) is 13.0 Å². The number of rotatable bonds is 5. The number of aromatic nitrogens is 1. The summed E-state index contributed by atoms with van der Waals surface area (Å²) in [7, 11) is 0. The second-order valence-corrected chi connectivity index (χ2v) is 6.31. The second-order valence-electron chi connectivity index (χ2n) is 5.40. The number of hydrazone groups is 1. The van der Waals surface area contributed by atoms with E-state index in [1.807, 2.05) is 54.7 Å². The van der Waals surface area contributed by atoms with Crippen LogP contribution in [0.3, 0.4) is 0 Å². The topological polar surface area (TPSA) is 69.3 Å². The largest absolute Gasteiger partial charge is 0.374 e. The van der Waals surface area contributed by atoms with Crippen LogP contribution < -0.4 is 10.7 Å². The van der Waals surface area contributed by atoms with E-state index in [1.54, 1.807) is 13.1 Å². The van der Waals surface area contributed by atoms with Crippen LogP contribution in [0.15, 0.2) is 64.3 Å². The van der Waals surface area contributed by atoms with Gasteiger partial charge in [0.05, 0.1) is 6.21 Å². The molecule has 2 aromatic carbocycles. The molecule has 0 fully saturated rings. The number of hydrogen-bond donors (Lipinski definition) is 3. The number of anilines is 1. The van der Waals surface area contributed by atoms with Crippen LogP contribution in [-0.2, 0) is 4.79 Å². The van der Waals surface area contributed by atoms with E-state index >= 15 is 0 Å². The Bertz CT molecular complexity index is 870. The van der Waals surface area contributed by atoms with Gasteiger partial charge in [0.2, 0.25) is 0 Å². The van der Waals surface area contributed by atoms with Gasteiger partial charge in [-0.05, 0) is 37.3 Å². The number of amides is 1. The first-order chi connectivity index (χ1) is 11.6. The van der Waals surface area contributed by atoms with Crippen molar-refractivity contribution in [2.75, 3.05) is 5.32 Å². The first-order valence-electron chi connectivity index (χ1n) is 7.54. The molecule has 5 nitrogen and oxygen atoms in total. The summed E-state index contributed by atoms with van der Waals surface area (Å²) in [6.07, 6.45) is 3.51. The third-order valence-electron chi connectivity index (χ3n) is 3.62. The number of nitrogens with zero attached hydrogens (tertiary/aromatic N) is 1. The summed E-state index contributed by atoms with van der Waals surface area (Å²) in [6.45, 7) is 1.79. The fourth-order valence-corrected chi connectivity index (χ4v) is 2.59. The molecule has 0 aliphatic rings.